The lowest BCUT2D eigenvalue weighted by atomic mass is 10.0. The fourth-order valence-corrected chi connectivity index (χ4v) is 4.29. The molecule has 31 heavy (non-hydrogen) atoms. The average molecular weight is 406 g/mol. The van der Waals surface area contributed by atoms with Crippen molar-refractivity contribution in [2.75, 3.05) is 6.54 Å². The lowest BCUT2D eigenvalue weighted by Crippen LogP contribution is -2.30. The second-order valence-electron chi connectivity index (χ2n) is 7.69. The van der Waals surface area contributed by atoms with Crippen LogP contribution in [0.2, 0.25) is 0 Å². The van der Waals surface area contributed by atoms with Crippen molar-refractivity contribution in [3.05, 3.63) is 107 Å². The molecule has 1 aromatic heterocycles. The highest BCUT2D eigenvalue weighted by molar-refractivity contribution is 5.95. The van der Waals surface area contributed by atoms with Crippen LogP contribution in [0.3, 0.4) is 0 Å². The lowest BCUT2D eigenvalue weighted by molar-refractivity contribution is -0.121. The van der Waals surface area contributed by atoms with Crippen LogP contribution in [0.4, 0.5) is 0 Å². The van der Waals surface area contributed by atoms with Crippen LogP contribution in [0, 0.1) is 0 Å². The van der Waals surface area contributed by atoms with Crippen molar-refractivity contribution in [2.24, 2.45) is 0 Å². The second-order valence-corrected chi connectivity index (χ2v) is 7.69. The summed E-state index contributed by atoms with van der Waals surface area (Å²) in [7, 11) is 0. The number of carbonyl (C=O) groups is 1. The molecule has 4 nitrogen and oxygen atoms in total. The third-order valence-corrected chi connectivity index (χ3v) is 5.78. The van der Waals surface area contributed by atoms with Crippen molar-refractivity contribution in [3.63, 3.8) is 0 Å². The molecule has 0 unspecified atom stereocenters. The van der Waals surface area contributed by atoms with Crippen LogP contribution in [0.1, 0.15) is 5.56 Å². The summed E-state index contributed by atoms with van der Waals surface area (Å²) in [5.41, 5.74) is 2.77. The molecule has 0 aliphatic carbocycles. The minimum atomic E-state index is -0.0702. The number of benzene rings is 4. The minimum absolute atomic E-state index is 0.00110. The van der Waals surface area contributed by atoms with Crippen LogP contribution >= 0.6 is 0 Å². The van der Waals surface area contributed by atoms with Crippen LogP contribution in [0.5, 0.6) is 0 Å². The van der Waals surface area contributed by atoms with Gasteiger partial charge in [0.25, 0.3) is 0 Å². The Kier molecular flexibility index (Phi) is 4.97. The molecule has 4 aromatic carbocycles. The molecule has 0 fully saturated rings. The van der Waals surface area contributed by atoms with E-state index in [9.17, 15) is 9.59 Å². The first kappa shape index (κ1) is 19.1. The zero-order chi connectivity index (χ0) is 21.2. The Morgan fingerprint density at radius 3 is 2.00 bits per heavy atom. The van der Waals surface area contributed by atoms with E-state index in [1.807, 2.05) is 65.2 Å². The molecule has 0 atom stereocenters. The van der Waals surface area contributed by atoms with E-state index in [0.29, 0.717) is 17.3 Å². The summed E-state index contributed by atoms with van der Waals surface area (Å²) < 4.78 is 1.93. The van der Waals surface area contributed by atoms with Crippen LogP contribution in [0.15, 0.2) is 95.8 Å². The number of pyridine rings is 1. The molecule has 1 N–H and O–H groups in total. The Morgan fingerprint density at radius 2 is 1.29 bits per heavy atom. The normalized spacial score (nSPS) is 11.2. The number of aromatic nitrogens is 1. The monoisotopic (exact) mass is 406 g/mol. The molecular weight excluding hydrogens is 384 g/mol. The van der Waals surface area contributed by atoms with Crippen molar-refractivity contribution >= 4 is 38.5 Å². The summed E-state index contributed by atoms with van der Waals surface area (Å²) in [4.78, 5) is 25.7. The van der Waals surface area contributed by atoms with Crippen molar-refractivity contribution in [3.8, 4) is 0 Å². The van der Waals surface area contributed by atoms with Gasteiger partial charge in [-0.25, -0.2) is 0 Å². The maximum absolute atomic E-state index is 12.8. The molecule has 0 bridgehead atoms. The predicted octanol–water partition coefficient (Wildman–Crippen LogP) is 4.67. The molecule has 0 aliphatic rings. The number of para-hydroxylation sites is 2. The molecule has 4 heteroatoms. The first-order chi connectivity index (χ1) is 15.2. The summed E-state index contributed by atoms with van der Waals surface area (Å²) in [5.74, 6) is -0.0702. The van der Waals surface area contributed by atoms with Crippen LogP contribution < -0.4 is 10.7 Å². The molecule has 0 saturated heterocycles. The van der Waals surface area contributed by atoms with Crippen LogP contribution in [-0.4, -0.2) is 17.0 Å². The summed E-state index contributed by atoms with van der Waals surface area (Å²) in [6, 6.07) is 29.5. The van der Waals surface area contributed by atoms with Crippen LogP contribution in [-0.2, 0) is 17.8 Å². The topological polar surface area (TPSA) is 51.1 Å². The van der Waals surface area contributed by atoms with E-state index in [1.165, 1.54) is 16.3 Å². The highest BCUT2D eigenvalue weighted by atomic mass is 16.2. The standard InChI is InChI=1S/C27H22N2O2/c30-26(28-17-16-20-10-7-9-19-8-1-2-11-21(19)20)18-29-24-14-5-3-12-22(24)27(31)23-13-4-6-15-25(23)29/h1-15H,16-18H2,(H,28,30). The van der Waals surface area contributed by atoms with Gasteiger partial charge < -0.3 is 9.88 Å². The summed E-state index contributed by atoms with van der Waals surface area (Å²) in [6.45, 7) is 0.722. The van der Waals surface area contributed by atoms with E-state index in [2.05, 4.69) is 35.6 Å². The first-order valence-corrected chi connectivity index (χ1v) is 10.5. The van der Waals surface area contributed by atoms with Gasteiger partial charge in [-0.1, -0.05) is 66.7 Å². The molecule has 0 saturated carbocycles. The fourth-order valence-electron chi connectivity index (χ4n) is 4.29. The number of carbonyl (C=O) groups excluding carboxylic acids is 1. The van der Waals surface area contributed by atoms with E-state index in [4.69, 9.17) is 0 Å². The van der Waals surface area contributed by atoms with Gasteiger partial charge in [-0.2, -0.15) is 0 Å². The van der Waals surface area contributed by atoms with E-state index >= 15 is 0 Å². The van der Waals surface area contributed by atoms with Gasteiger partial charge in [0.2, 0.25) is 5.91 Å². The molecule has 5 rings (SSSR count). The van der Waals surface area contributed by atoms with Crippen molar-refractivity contribution < 1.29 is 4.79 Å². The number of amides is 1. The Labute approximate surface area is 179 Å². The number of hydrogen-bond donors (Lipinski definition) is 1. The largest absolute Gasteiger partial charge is 0.354 e. The number of hydrogen-bond acceptors (Lipinski definition) is 2. The Balaban J connectivity index is 1.39. The van der Waals surface area contributed by atoms with Gasteiger partial charge in [-0.15, -0.1) is 0 Å². The third-order valence-electron chi connectivity index (χ3n) is 5.78. The first-order valence-electron chi connectivity index (χ1n) is 10.5. The molecule has 1 heterocycles. The van der Waals surface area contributed by atoms with Crippen molar-refractivity contribution in [2.45, 2.75) is 13.0 Å². The zero-order valence-electron chi connectivity index (χ0n) is 17.0. The molecule has 152 valence electrons. The van der Waals surface area contributed by atoms with Crippen LogP contribution in [0.25, 0.3) is 32.6 Å². The molecule has 0 radical (unpaired) electrons. The maximum Gasteiger partial charge on any atom is 0.239 e. The van der Waals surface area contributed by atoms with Gasteiger partial charge in [-0.05, 0) is 47.0 Å². The summed E-state index contributed by atoms with van der Waals surface area (Å²) in [5, 5.41) is 6.73. The van der Waals surface area contributed by atoms with E-state index in [1.54, 1.807) is 0 Å². The number of rotatable bonds is 5. The minimum Gasteiger partial charge on any atom is -0.354 e. The Hall–Kier alpha value is -3.92. The molecule has 0 spiro atoms. The lowest BCUT2D eigenvalue weighted by Gasteiger charge is -2.15. The zero-order valence-corrected chi connectivity index (χ0v) is 17.0. The quantitative estimate of drug-likeness (QED) is 0.431. The fraction of sp³-hybridized carbons (Fsp3) is 0.111. The highest BCUT2D eigenvalue weighted by Gasteiger charge is 2.12. The van der Waals surface area contributed by atoms with Gasteiger partial charge in [-0.3, -0.25) is 9.59 Å². The summed E-state index contributed by atoms with van der Waals surface area (Å²) >= 11 is 0. The molecule has 5 aromatic rings. The second kappa shape index (κ2) is 8.07. The van der Waals surface area contributed by atoms with E-state index in [-0.39, 0.29) is 17.9 Å². The Morgan fingerprint density at radius 1 is 0.710 bits per heavy atom. The number of fused-ring (bicyclic) bond motifs is 3. The van der Waals surface area contributed by atoms with Crippen molar-refractivity contribution in [1.29, 1.82) is 0 Å². The van der Waals surface area contributed by atoms with E-state index in [0.717, 1.165) is 17.5 Å². The number of nitrogens with one attached hydrogen (secondary N) is 1. The average Bonchev–Trinajstić information content (AvgIpc) is 2.82. The van der Waals surface area contributed by atoms with Crippen molar-refractivity contribution in [1.82, 2.24) is 9.88 Å². The van der Waals surface area contributed by atoms with Gasteiger partial charge in [0.05, 0.1) is 11.0 Å². The van der Waals surface area contributed by atoms with Gasteiger partial charge in [0.1, 0.15) is 6.54 Å². The molecular formula is C27H22N2O2. The predicted molar refractivity (Wildman–Crippen MR) is 126 cm³/mol. The molecule has 1 amide bonds. The Bertz CT molecular complexity index is 1420. The SMILES string of the molecule is O=C(Cn1c2ccccc2c(=O)c2ccccc21)NCCc1cccc2ccccc12. The number of nitrogens with zero attached hydrogens (tertiary/aromatic N) is 1. The molecule has 0 aliphatic heterocycles. The highest BCUT2D eigenvalue weighted by Crippen LogP contribution is 2.20. The van der Waals surface area contributed by atoms with Gasteiger partial charge in [0, 0.05) is 17.3 Å². The van der Waals surface area contributed by atoms with E-state index < -0.39 is 0 Å². The smallest absolute Gasteiger partial charge is 0.239 e. The summed E-state index contributed by atoms with van der Waals surface area (Å²) in [6.07, 6.45) is 0.763. The van der Waals surface area contributed by atoms with Gasteiger partial charge in [0.15, 0.2) is 5.43 Å². The third kappa shape index (κ3) is 3.57. The van der Waals surface area contributed by atoms with Gasteiger partial charge >= 0.3 is 0 Å². The maximum atomic E-state index is 12.8.